The molecular formula is C11H27B2FO11P2. The third-order valence-electron chi connectivity index (χ3n) is 3.07. The SMILES string of the molecule is BCOC(CO)[C@@H](C)OP(=O)(O)OCC(O[C@@H](B)C)C(CF)OP(=O)(O)O. The molecule has 0 aromatic carbocycles. The Bertz CT molecular complexity index is 509. The van der Waals surface area contributed by atoms with Crippen LogP contribution >= 0.6 is 15.6 Å². The van der Waals surface area contributed by atoms with E-state index in [1.165, 1.54) is 6.92 Å². The minimum Gasteiger partial charge on any atom is -0.394 e. The summed E-state index contributed by atoms with van der Waals surface area (Å²) in [4.78, 5) is 27.5. The second-order valence-corrected chi connectivity index (χ2v) is 8.36. The molecule has 4 unspecified atom stereocenters. The number of rotatable bonds is 15. The van der Waals surface area contributed by atoms with Crippen molar-refractivity contribution < 1.29 is 56.4 Å². The Labute approximate surface area is 159 Å². The molecule has 0 spiro atoms. The second-order valence-electron chi connectivity index (χ2n) is 5.76. The van der Waals surface area contributed by atoms with Gasteiger partial charge < -0.3 is 29.3 Å². The standard InChI is InChI=1S/C11H27B2FO11P2/c1-7(10(4-15)21-6-12)24-27(19,20)22-5-11(23-8(2)13)9(3-14)25-26(16,17)18/h7-11,15H,3-6,12-13H2,1-2H3,(H,19,20)(H2,16,17,18)/t7-,8-,9?,10?,11?/m1/s1. The topological polar surface area (TPSA) is 161 Å². The fourth-order valence-electron chi connectivity index (χ4n) is 1.98. The van der Waals surface area contributed by atoms with E-state index in [1.807, 2.05) is 0 Å². The summed E-state index contributed by atoms with van der Waals surface area (Å²) in [6.07, 6.45) is -5.03. The van der Waals surface area contributed by atoms with Crippen LogP contribution in [0.1, 0.15) is 13.8 Å². The van der Waals surface area contributed by atoms with Crippen LogP contribution in [0.3, 0.4) is 0 Å². The Morgan fingerprint density at radius 1 is 1.07 bits per heavy atom. The number of aliphatic hydroxyl groups is 1. The Morgan fingerprint density at radius 2 is 1.67 bits per heavy atom. The molecule has 0 radical (unpaired) electrons. The summed E-state index contributed by atoms with van der Waals surface area (Å²) in [5.74, 6) is 0. The maximum Gasteiger partial charge on any atom is 0.472 e. The van der Waals surface area contributed by atoms with Crippen molar-refractivity contribution >= 4 is 31.3 Å². The van der Waals surface area contributed by atoms with Gasteiger partial charge in [-0.05, 0) is 13.8 Å². The number of hydrogen-bond donors (Lipinski definition) is 4. The van der Waals surface area contributed by atoms with E-state index >= 15 is 0 Å². The van der Waals surface area contributed by atoms with Crippen LogP contribution in [-0.4, -0.2) is 92.3 Å². The Morgan fingerprint density at radius 3 is 2.07 bits per heavy atom. The predicted molar refractivity (Wildman–Crippen MR) is 97.5 cm³/mol. The van der Waals surface area contributed by atoms with Gasteiger partial charge in [-0.1, -0.05) is 0 Å². The molecule has 0 heterocycles. The fourth-order valence-corrected chi connectivity index (χ4v) is 3.48. The van der Waals surface area contributed by atoms with Gasteiger partial charge >= 0.3 is 15.6 Å². The van der Waals surface area contributed by atoms with Crippen LogP contribution in [0, 0.1) is 0 Å². The molecule has 0 fully saturated rings. The molecular weight excluding hydrogens is 411 g/mol. The molecule has 16 heteroatoms. The first-order chi connectivity index (χ1) is 12.3. The smallest absolute Gasteiger partial charge is 0.394 e. The maximum absolute atomic E-state index is 13.1. The number of aliphatic hydroxyl groups excluding tert-OH is 1. The van der Waals surface area contributed by atoms with Gasteiger partial charge in [-0.3, -0.25) is 13.6 Å². The van der Waals surface area contributed by atoms with Crippen LogP contribution in [0.5, 0.6) is 0 Å². The molecule has 0 aromatic heterocycles. The summed E-state index contributed by atoms with van der Waals surface area (Å²) in [7, 11) is -6.49. The van der Waals surface area contributed by atoms with Crippen LogP contribution in [0.2, 0.25) is 0 Å². The van der Waals surface area contributed by atoms with Crippen LogP contribution in [0.4, 0.5) is 4.39 Å². The third-order valence-corrected chi connectivity index (χ3v) is 4.69. The molecule has 0 saturated heterocycles. The summed E-state index contributed by atoms with van der Waals surface area (Å²) >= 11 is 0. The van der Waals surface area contributed by atoms with Crippen LogP contribution < -0.4 is 0 Å². The monoisotopic (exact) mass is 438 g/mol. The number of alkyl halides is 1. The number of ether oxygens (including phenoxy) is 2. The lowest BCUT2D eigenvalue weighted by atomic mass is 10.0. The van der Waals surface area contributed by atoms with Gasteiger partial charge in [-0.25, -0.2) is 13.5 Å². The zero-order chi connectivity index (χ0) is 21.3. The Hall–Kier alpha value is 0.160. The molecule has 0 aromatic rings. The highest BCUT2D eigenvalue weighted by molar-refractivity contribution is 7.47. The second kappa shape index (κ2) is 12.7. The molecule has 0 rings (SSSR count). The molecule has 6 atom stereocenters. The first-order valence-corrected chi connectivity index (χ1v) is 11.2. The third kappa shape index (κ3) is 12.4. The van der Waals surface area contributed by atoms with E-state index in [0.717, 1.165) is 0 Å². The van der Waals surface area contributed by atoms with Crippen LogP contribution in [-0.2, 0) is 32.2 Å². The number of hydrogen-bond acceptors (Lipinski definition) is 8. The highest BCUT2D eigenvalue weighted by atomic mass is 31.2. The molecule has 0 aliphatic carbocycles. The van der Waals surface area contributed by atoms with Crippen molar-refractivity contribution in [1.29, 1.82) is 0 Å². The van der Waals surface area contributed by atoms with Gasteiger partial charge in [0.25, 0.3) is 0 Å². The van der Waals surface area contributed by atoms with Crippen molar-refractivity contribution in [2.24, 2.45) is 0 Å². The summed E-state index contributed by atoms with van der Waals surface area (Å²) < 4.78 is 60.5. The molecule has 0 amide bonds. The van der Waals surface area contributed by atoms with Crippen molar-refractivity contribution in [2.75, 3.05) is 26.4 Å². The van der Waals surface area contributed by atoms with Gasteiger partial charge in [0.15, 0.2) is 0 Å². The molecule has 0 aliphatic heterocycles. The van der Waals surface area contributed by atoms with E-state index in [9.17, 15) is 23.5 Å². The van der Waals surface area contributed by atoms with E-state index in [-0.39, 0.29) is 6.51 Å². The van der Waals surface area contributed by atoms with E-state index in [2.05, 4.69) is 4.52 Å². The van der Waals surface area contributed by atoms with E-state index in [1.54, 1.807) is 22.6 Å². The summed E-state index contributed by atoms with van der Waals surface area (Å²) in [6.45, 7) is 0.629. The Balaban J connectivity index is 5.01. The first-order valence-electron chi connectivity index (χ1n) is 8.18. The number of halogens is 1. The minimum atomic E-state index is -5.03. The molecule has 27 heavy (non-hydrogen) atoms. The zero-order valence-corrected chi connectivity index (χ0v) is 17.4. The summed E-state index contributed by atoms with van der Waals surface area (Å²) in [6, 6.07) is -0.525. The van der Waals surface area contributed by atoms with Crippen molar-refractivity contribution in [3.63, 3.8) is 0 Å². The fraction of sp³-hybridized carbons (Fsp3) is 1.00. The van der Waals surface area contributed by atoms with Gasteiger partial charge in [0, 0.05) is 12.5 Å². The van der Waals surface area contributed by atoms with E-state index in [4.69, 9.17) is 28.3 Å². The highest BCUT2D eigenvalue weighted by Crippen LogP contribution is 2.46. The lowest BCUT2D eigenvalue weighted by Crippen LogP contribution is -2.39. The number of phosphoric ester groups is 2. The highest BCUT2D eigenvalue weighted by Gasteiger charge is 2.35. The van der Waals surface area contributed by atoms with Crippen LogP contribution in [0.25, 0.3) is 0 Å². The van der Waals surface area contributed by atoms with Crippen molar-refractivity contribution in [3.05, 3.63) is 0 Å². The average Bonchev–Trinajstić information content (AvgIpc) is 2.52. The molecule has 0 bridgehead atoms. The molecule has 11 nitrogen and oxygen atoms in total. The molecule has 160 valence electrons. The van der Waals surface area contributed by atoms with E-state index < -0.39 is 66.0 Å². The van der Waals surface area contributed by atoms with E-state index in [0.29, 0.717) is 0 Å². The van der Waals surface area contributed by atoms with Gasteiger partial charge in [0.2, 0.25) is 0 Å². The van der Waals surface area contributed by atoms with Crippen molar-refractivity contribution in [1.82, 2.24) is 0 Å². The molecule has 4 N–H and O–H groups in total. The lowest BCUT2D eigenvalue weighted by molar-refractivity contribution is -0.0796. The van der Waals surface area contributed by atoms with Crippen molar-refractivity contribution in [2.45, 2.75) is 44.3 Å². The van der Waals surface area contributed by atoms with Gasteiger partial charge in [-0.15, -0.1) is 0 Å². The Kier molecular flexibility index (Phi) is 12.7. The first kappa shape index (κ1) is 27.2. The quantitative estimate of drug-likeness (QED) is 0.170. The lowest BCUT2D eigenvalue weighted by Gasteiger charge is -2.28. The summed E-state index contributed by atoms with van der Waals surface area (Å²) in [5.41, 5.74) is 0. The zero-order valence-electron chi connectivity index (χ0n) is 15.6. The van der Waals surface area contributed by atoms with Gasteiger partial charge in [0.05, 0.1) is 19.3 Å². The number of phosphoric acid groups is 2. The predicted octanol–water partition coefficient (Wildman–Crippen LogP) is -1.71. The molecule has 0 aliphatic rings. The largest absolute Gasteiger partial charge is 0.472 e. The summed E-state index contributed by atoms with van der Waals surface area (Å²) in [5, 5.41) is 9.19. The van der Waals surface area contributed by atoms with Gasteiger partial charge in [-0.2, -0.15) is 0 Å². The van der Waals surface area contributed by atoms with Gasteiger partial charge in [0.1, 0.15) is 40.7 Å². The maximum atomic E-state index is 13.1. The molecule has 0 saturated carbocycles. The normalized spacial score (nSPS) is 20.4. The minimum absolute atomic E-state index is 0.234. The average molecular weight is 438 g/mol. The van der Waals surface area contributed by atoms with Crippen molar-refractivity contribution in [3.8, 4) is 0 Å². The van der Waals surface area contributed by atoms with Crippen LogP contribution in [0.15, 0.2) is 0 Å².